The number of ether oxygens (including phenoxy) is 2. The SMILES string of the molecule is CCOC(=O)[C@@H](NS(=O)(=O)c1ccc2c(c1)C(=O)c1ccccc1-2)[C@@H](OC(=O)CC)c1ccccc1. The van der Waals surface area contributed by atoms with Crippen LogP contribution in [0.25, 0.3) is 11.1 Å². The van der Waals surface area contributed by atoms with Gasteiger partial charge >= 0.3 is 11.9 Å². The lowest BCUT2D eigenvalue weighted by atomic mass is 10.0. The van der Waals surface area contributed by atoms with E-state index in [4.69, 9.17) is 9.47 Å². The number of hydrogen-bond donors (Lipinski definition) is 1. The second kappa shape index (κ2) is 10.4. The van der Waals surface area contributed by atoms with Crippen molar-refractivity contribution in [3.05, 3.63) is 89.5 Å². The summed E-state index contributed by atoms with van der Waals surface area (Å²) >= 11 is 0. The lowest BCUT2D eigenvalue weighted by molar-refractivity contribution is -0.158. The van der Waals surface area contributed by atoms with Gasteiger partial charge in [-0.3, -0.25) is 14.4 Å². The summed E-state index contributed by atoms with van der Waals surface area (Å²) in [5.74, 6) is -1.79. The molecule has 0 fully saturated rings. The minimum atomic E-state index is -4.35. The predicted octanol–water partition coefficient (Wildman–Crippen LogP) is 3.80. The zero-order valence-corrected chi connectivity index (χ0v) is 20.6. The summed E-state index contributed by atoms with van der Waals surface area (Å²) in [4.78, 5) is 37.8. The first-order valence-corrected chi connectivity index (χ1v) is 13.0. The fraction of sp³-hybridized carbons (Fsp3) is 0.222. The Kier molecular flexibility index (Phi) is 7.32. The molecule has 0 radical (unpaired) electrons. The molecule has 0 unspecified atom stereocenters. The van der Waals surface area contributed by atoms with E-state index in [1.807, 2.05) is 0 Å². The van der Waals surface area contributed by atoms with Crippen LogP contribution in [-0.2, 0) is 29.1 Å². The van der Waals surface area contributed by atoms with E-state index in [9.17, 15) is 22.8 Å². The molecule has 3 aromatic rings. The number of esters is 2. The third-order valence-electron chi connectivity index (χ3n) is 5.81. The quantitative estimate of drug-likeness (QED) is 0.343. The van der Waals surface area contributed by atoms with E-state index in [-0.39, 0.29) is 29.3 Å². The molecule has 0 saturated carbocycles. The molecule has 0 aliphatic heterocycles. The molecule has 3 aromatic carbocycles. The molecule has 2 atom stereocenters. The minimum absolute atomic E-state index is 0.00804. The van der Waals surface area contributed by atoms with Crippen LogP contribution < -0.4 is 4.72 Å². The molecular formula is C27H25NO7S. The molecule has 9 heteroatoms. The van der Waals surface area contributed by atoms with E-state index in [0.717, 1.165) is 5.56 Å². The average molecular weight is 508 g/mol. The molecule has 1 N–H and O–H groups in total. The topological polar surface area (TPSA) is 116 Å². The molecule has 0 saturated heterocycles. The highest BCUT2D eigenvalue weighted by Gasteiger charge is 2.38. The Morgan fingerprint density at radius 3 is 2.17 bits per heavy atom. The number of benzene rings is 3. The Balaban J connectivity index is 1.72. The van der Waals surface area contributed by atoms with Crippen molar-refractivity contribution in [2.75, 3.05) is 6.61 Å². The van der Waals surface area contributed by atoms with Crippen molar-refractivity contribution in [2.24, 2.45) is 0 Å². The number of hydrogen-bond acceptors (Lipinski definition) is 7. The molecule has 186 valence electrons. The lowest BCUT2D eigenvalue weighted by Gasteiger charge is -2.26. The van der Waals surface area contributed by atoms with Crippen LogP contribution in [0.1, 0.15) is 47.9 Å². The van der Waals surface area contributed by atoms with Crippen LogP contribution in [0, 0.1) is 0 Å². The van der Waals surface area contributed by atoms with Gasteiger partial charge in [-0.05, 0) is 35.7 Å². The standard InChI is InChI=1S/C27H25NO7S/c1-3-23(29)35-26(17-10-6-5-7-11-17)24(27(31)34-4-2)28-36(32,33)18-14-15-20-19-12-8-9-13-21(19)25(30)22(20)16-18/h5-16,24,26,28H,3-4H2,1-2H3/t24-,26-/m0/s1. The maximum atomic E-state index is 13.5. The monoisotopic (exact) mass is 507 g/mol. The second-order valence-electron chi connectivity index (χ2n) is 8.11. The zero-order valence-electron chi connectivity index (χ0n) is 19.8. The molecule has 4 rings (SSSR count). The van der Waals surface area contributed by atoms with Crippen LogP contribution in [0.2, 0.25) is 0 Å². The Hall–Kier alpha value is -3.82. The highest BCUT2D eigenvalue weighted by molar-refractivity contribution is 7.89. The number of ketones is 1. The molecule has 1 aliphatic rings. The highest BCUT2D eigenvalue weighted by atomic mass is 32.2. The van der Waals surface area contributed by atoms with Gasteiger partial charge in [0.15, 0.2) is 17.9 Å². The van der Waals surface area contributed by atoms with Gasteiger partial charge in [-0.15, -0.1) is 0 Å². The van der Waals surface area contributed by atoms with Gasteiger partial charge in [-0.2, -0.15) is 4.72 Å². The molecule has 0 bridgehead atoms. The number of fused-ring (bicyclic) bond motifs is 3. The van der Waals surface area contributed by atoms with Crippen molar-refractivity contribution in [1.82, 2.24) is 4.72 Å². The minimum Gasteiger partial charge on any atom is -0.465 e. The Morgan fingerprint density at radius 2 is 1.50 bits per heavy atom. The summed E-state index contributed by atoms with van der Waals surface area (Å²) in [6.07, 6.45) is -1.24. The van der Waals surface area contributed by atoms with Gasteiger partial charge in [0.2, 0.25) is 10.0 Å². The predicted molar refractivity (Wildman–Crippen MR) is 132 cm³/mol. The van der Waals surface area contributed by atoms with E-state index in [0.29, 0.717) is 16.7 Å². The number of carbonyl (C=O) groups excluding carboxylic acids is 3. The molecular weight excluding hydrogens is 482 g/mol. The Labute approximate surface area is 209 Å². The van der Waals surface area contributed by atoms with E-state index in [1.54, 1.807) is 74.5 Å². The molecule has 1 aliphatic carbocycles. The van der Waals surface area contributed by atoms with Gasteiger partial charge in [0.05, 0.1) is 11.5 Å². The zero-order chi connectivity index (χ0) is 25.9. The maximum absolute atomic E-state index is 13.5. The molecule has 0 heterocycles. The van der Waals surface area contributed by atoms with Gasteiger partial charge < -0.3 is 9.47 Å². The average Bonchev–Trinajstić information content (AvgIpc) is 3.18. The highest BCUT2D eigenvalue weighted by Crippen LogP contribution is 2.37. The number of carbonyl (C=O) groups is 3. The summed E-state index contributed by atoms with van der Waals surface area (Å²) in [7, 11) is -4.35. The molecule has 8 nitrogen and oxygen atoms in total. The third-order valence-corrected chi connectivity index (χ3v) is 7.25. The first kappa shape index (κ1) is 25.3. The van der Waals surface area contributed by atoms with Crippen LogP contribution in [0.4, 0.5) is 0 Å². The van der Waals surface area contributed by atoms with E-state index in [1.165, 1.54) is 12.1 Å². The van der Waals surface area contributed by atoms with Gasteiger partial charge in [0.25, 0.3) is 0 Å². The number of nitrogens with one attached hydrogen (secondary N) is 1. The second-order valence-corrected chi connectivity index (χ2v) is 9.82. The third kappa shape index (κ3) is 4.93. The van der Waals surface area contributed by atoms with Gasteiger partial charge in [-0.25, -0.2) is 8.42 Å². The maximum Gasteiger partial charge on any atom is 0.328 e. The van der Waals surface area contributed by atoms with Crippen molar-refractivity contribution in [1.29, 1.82) is 0 Å². The molecule has 0 aromatic heterocycles. The van der Waals surface area contributed by atoms with Crippen molar-refractivity contribution >= 4 is 27.7 Å². The summed E-state index contributed by atoms with van der Waals surface area (Å²) in [5, 5.41) is 0. The van der Waals surface area contributed by atoms with Crippen LogP contribution >= 0.6 is 0 Å². The fourth-order valence-corrected chi connectivity index (χ4v) is 5.28. The van der Waals surface area contributed by atoms with Crippen molar-refractivity contribution in [3.63, 3.8) is 0 Å². The first-order valence-electron chi connectivity index (χ1n) is 11.5. The largest absolute Gasteiger partial charge is 0.465 e. The van der Waals surface area contributed by atoms with Crippen LogP contribution in [-0.4, -0.2) is 38.8 Å². The first-order chi connectivity index (χ1) is 17.3. The molecule has 0 spiro atoms. The summed E-state index contributed by atoms with van der Waals surface area (Å²) in [5.41, 5.74) is 2.53. The van der Waals surface area contributed by atoms with Crippen molar-refractivity contribution < 1.29 is 32.3 Å². The van der Waals surface area contributed by atoms with E-state index >= 15 is 0 Å². The van der Waals surface area contributed by atoms with Gasteiger partial charge in [0, 0.05) is 17.5 Å². The molecule has 36 heavy (non-hydrogen) atoms. The van der Waals surface area contributed by atoms with Gasteiger partial charge in [-0.1, -0.05) is 67.6 Å². The Morgan fingerprint density at radius 1 is 0.861 bits per heavy atom. The summed E-state index contributed by atoms with van der Waals surface area (Å²) < 4.78 is 39.9. The lowest BCUT2D eigenvalue weighted by Crippen LogP contribution is -2.47. The van der Waals surface area contributed by atoms with Crippen molar-refractivity contribution in [3.8, 4) is 11.1 Å². The molecule has 0 amide bonds. The normalized spacial score (nSPS) is 13.9. The fourth-order valence-electron chi connectivity index (χ4n) is 4.07. The van der Waals surface area contributed by atoms with Crippen LogP contribution in [0.15, 0.2) is 77.7 Å². The number of sulfonamides is 1. The van der Waals surface area contributed by atoms with Gasteiger partial charge in [0.1, 0.15) is 0 Å². The van der Waals surface area contributed by atoms with E-state index < -0.39 is 34.1 Å². The van der Waals surface area contributed by atoms with E-state index in [2.05, 4.69) is 4.72 Å². The van der Waals surface area contributed by atoms with Crippen LogP contribution in [0.5, 0.6) is 0 Å². The summed E-state index contributed by atoms with van der Waals surface area (Å²) in [6.45, 7) is 3.17. The number of rotatable bonds is 9. The Bertz CT molecular complexity index is 1420. The van der Waals surface area contributed by atoms with Crippen LogP contribution in [0.3, 0.4) is 0 Å². The summed E-state index contributed by atoms with van der Waals surface area (Å²) in [6, 6.07) is 18.1. The smallest absolute Gasteiger partial charge is 0.328 e. The van der Waals surface area contributed by atoms with Crippen molar-refractivity contribution in [2.45, 2.75) is 37.3 Å².